The van der Waals surface area contributed by atoms with Gasteiger partial charge in [-0.2, -0.15) is 10.5 Å². The summed E-state index contributed by atoms with van der Waals surface area (Å²) in [5.41, 5.74) is 4.97. The van der Waals surface area contributed by atoms with Crippen LogP contribution >= 0.6 is 11.3 Å². The summed E-state index contributed by atoms with van der Waals surface area (Å²) in [7, 11) is 0. The minimum Gasteiger partial charge on any atom is -0.384 e. The summed E-state index contributed by atoms with van der Waals surface area (Å²) in [6.07, 6.45) is 1.31. The van der Waals surface area contributed by atoms with Gasteiger partial charge in [0.05, 0.1) is 49.1 Å². The van der Waals surface area contributed by atoms with Crippen LogP contribution in [-0.2, 0) is 0 Å². The molecular formula is C22H12N6O5S. The summed E-state index contributed by atoms with van der Waals surface area (Å²) in [5.74, 6) is -1.42. The van der Waals surface area contributed by atoms with Crippen molar-refractivity contribution in [1.82, 2.24) is 4.57 Å². The van der Waals surface area contributed by atoms with Crippen molar-refractivity contribution in [2.24, 2.45) is 5.73 Å². The Hall–Kier alpha value is -5.07. The third kappa shape index (κ3) is 3.40. The SMILES string of the molecule is N#CC1=C(N)n2c(sc(=Cc3ccccc3[N+](=O)[O-])c2=O)=C(C#N)[C@H]1c1ccccc1[N+](=O)[O-]. The quantitative estimate of drug-likeness (QED) is 0.439. The van der Waals surface area contributed by atoms with Crippen molar-refractivity contribution in [1.29, 1.82) is 10.5 Å². The van der Waals surface area contributed by atoms with Gasteiger partial charge in [0, 0.05) is 17.7 Å². The lowest BCUT2D eigenvalue weighted by molar-refractivity contribution is -0.385. The Morgan fingerprint density at radius 2 is 1.56 bits per heavy atom. The van der Waals surface area contributed by atoms with Gasteiger partial charge in [0.2, 0.25) is 0 Å². The largest absolute Gasteiger partial charge is 0.384 e. The highest BCUT2D eigenvalue weighted by Gasteiger charge is 2.35. The fourth-order valence-corrected chi connectivity index (χ4v) is 4.90. The van der Waals surface area contributed by atoms with Gasteiger partial charge in [0.1, 0.15) is 10.5 Å². The minimum absolute atomic E-state index is 0.0421. The maximum atomic E-state index is 13.2. The molecule has 1 aliphatic rings. The third-order valence-corrected chi connectivity index (χ3v) is 6.36. The van der Waals surface area contributed by atoms with E-state index in [1.165, 1.54) is 48.5 Å². The first-order chi connectivity index (χ1) is 16.3. The fourth-order valence-electron chi connectivity index (χ4n) is 3.78. The molecule has 11 nitrogen and oxygen atoms in total. The lowest BCUT2D eigenvalue weighted by Gasteiger charge is -2.22. The van der Waals surface area contributed by atoms with E-state index in [0.717, 1.165) is 15.9 Å². The second kappa shape index (κ2) is 8.46. The van der Waals surface area contributed by atoms with Crippen LogP contribution < -0.4 is 20.5 Å². The normalized spacial score (nSPS) is 15.4. The molecule has 166 valence electrons. The van der Waals surface area contributed by atoms with Crippen LogP contribution in [-0.4, -0.2) is 14.4 Å². The molecule has 34 heavy (non-hydrogen) atoms. The van der Waals surface area contributed by atoms with E-state index in [-0.39, 0.29) is 48.7 Å². The number of aromatic nitrogens is 1. The summed E-state index contributed by atoms with van der Waals surface area (Å²) < 4.78 is 1.13. The molecule has 2 heterocycles. The second-order valence-electron chi connectivity index (χ2n) is 7.06. The number of rotatable bonds is 4. The van der Waals surface area contributed by atoms with Gasteiger partial charge in [-0.25, -0.2) is 0 Å². The summed E-state index contributed by atoms with van der Waals surface area (Å²) in [4.78, 5) is 34.9. The Kier molecular flexibility index (Phi) is 5.51. The number of thiazole rings is 1. The number of hydrogen-bond acceptors (Lipinski definition) is 9. The molecule has 0 radical (unpaired) electrons. The lowest BCUT2D eigenvalue weighted by Crippen LogP contribution is -2.38. The molecule has 2 aromatic carbocycles. The van der Waals surface area contributed by atoms with Gasteiger partial charge in [0.15, 0.2) is 0 Å². The van der Waals surface area contributed by atoms with E-state index in [0.29, 0.717) is 0 Å². The summed E-state index contributed by atoms with van der Waals surface area (Å²) in [5, 5.41) is 42.7. The molecule has 2 N–H and O–H groups in total. The number of para-hydroxylation sites is 2. The number of hydrogen-bond donors (Lipinski definition) is 1. The number of nitro benzene ring substituents is 2. The maximum absolute atomic E-state index is 13.2. The molecule has 0 aliphatic carbocycles. The number of benzene rings is 2. The molecule has 1 aliphatic heterocycles. The van der Waals surface area contributed by atoms with Gasteiger partial charge in [-0.15, -0.1) is 11.3 Å². The second-order valence-corrected chi connectivity index (χ2v) is 8.09. The molecule has 0 amide bonds. The van der Waals surface area contributed by atoms with Crippen LogP contribution in [0.3, 0.4) is 0 Å². The smallest absolute Gasteiger partial charge is 0.276 e. The van der Waals surface area contributed by atoms with Gasteiger partial charge in [-0.05, 0) is 12.1 Å². The van der Waals surface area contributed by atoms with Crippen LogP contribution in [0.4, 0.5) is 11.4 Å². The zero-order chi connectivity index (χ0) is 24.6. The number of nitriles is 2. The van der Waals surface area contributed by atoms with E-state index in [2.05, 4.69) is 0 Å². The summed E-state index contributed by atoms with van der Waals surface area (Å²) in [6.45, 7) is 0. The Labute approximate surface area is 194 Å². The molecule has 0 saturated heterocycles. The highest BCUT2D eigenvalue weighted by molar-refractivity contribution is 7.07. The molecule has 0 spiro atoms. The summed E-state index contributed by atoms with van der Waals surface area (Å²) >= 11 is 0.858. The van der Waals surface area contributed by atoms with Crippen molar-refractivity contribution in [2.75, 3.05) is 0 Å². The highest BCUT2D eigenvalue weighted by atomic mass is 32.1. The van der Waals surface area contributed by atoms with E-state index in [1.54, 1.807) is 6.07 Å². The molecule has 3 aromatic rings. The van der Waals surface area contributed by atoms with E-state index >= 15 is 0 Å². The van der Waals surface area contributed by atoms with Crippen molar-refractivity contribution in [2.45, 2.75) is 5.92 Å². The zero-order valence-corrected chi connectivity index (χ0v) is 17.9. The fraction of sp³-hybridized carbons (Fsp3) is 0.0455. The average Bonchev–Trinajstić information content (AvgIpc) is 3.15. The number of nitrogens with zero attached hydrogens (tertiary/aromatic N) is 5. The molecule has 1 aromatic heterocycles. The maximum Gasteiger partial charge on any atom is 0.276 e. The third-order valence-electron chi connectivity index (χ3n) is 5.25. The minimum atomic E-state index is -1.16. The van der Waals surface area contributed by atoms with Crippen LogP contribution in [0.5, 0.6) is 0 Å². The first-order valence-electron chi connectivity index (χ1n) is 9.54. The van der Waals surface area contributed by atoms with Gasteiger partial charge >= 0.3 is 0 Å². The van der Waals surface area contributed by atoms with Gasteiger partial charge < -0.3 is 5.73 Å². The first kappa shape index (κ1) is 22.1. The van der Waals surface area contributed by atoms with E-state index in [1.807, 2.05) is 12.1 Å². The molecule has 0 bridgehead atoms. The van der Waals surface area contributed by atoms with Crippen LogP contribution in [0.2, 0.25) is 0 Å². The van der Waals surface area contributed by atoms with Crippen molar-refractivity contribution in [3.63, 3.8) is 0 Å². The Bertz CT molecular complexity index is 1690. The number of fused-ring (bicyclic) bond motifs is 1. The van der Waals surface area contributed by atoms with Crippen LogP contribution in [0.1, 0.15) is 17.0 Å². The predicted octanol–water partition coefficient (Wildman–Crippen LogP) is 1.68. The Morgan fingerprint density at radius 1 is 0.971 bits per heavy atom. The molecule has 0 saturated carbocycles. The van der Waals surface area contributed by atoms with Gasteiger partial charge in [-0.3, -0.25) is 29.6 Å². The predicted molar refractivity (Wildman–Crippen MR) is 122 cm³/mol. The molecule has 1 atom stereocenters. The molecule has 12 heteroatoms. The highest BCUT2D eigenvalue weighted by Crippen LogP contribution is 2.39. The molecule has 0 unspecified atom stereocenters. The first-order valence-corrected chi connectivity index (χ1v) is 10.4. The van der Waals surface area contributed by atoms with E-state index in [4.69, 9.17) is 5.73 Å². The van der Waals surface area contributed by atoms with Crippen molar-refractivity contribution in [3.8, 4) is 12.1 Å². The van der Waals surface area contributed by atoms with Crippen LogP contribution in [0.25, 0.3) is 17.5 Å². The molecular weight excluding hydrogens is 460 g/mol. The Balaban J connectivity index is 2.10. The van der Waals surface area contributed by atoms with Crippen molar-refractivity contribution < 1.29 is 9.85 Å². The topological polar surface area (TPSA) is 182 Å². The number of nitrogens with two attached hydrogens (primary N) is 1. The lowest BCUT2D eigenvalue weighted by atomic mass is 9.83. The standard InChI is InChI=1S/C22H12N6O5S/c23-10-14-19(13-6-2-4-8-17(13)28(32)33)15(11-24)22-26(20(14)25)21(29)18(34-22)9-12-5-1-3-7-16(12)27(30)31/h1-9,19H,25H2/t19-/m0/s1. The van der Waals surface area contributed by atoms with E-state index in [9.17, 15) is 35.5 Å². The number of nitro groups is 2. The van der Waals surface area contributed by atoms with E-state index < -0.39 is 21.3 Å². The Morgan fingerprint density at radius 3 is 2.18 bits per heavy atom. The average molecular weight is 472 g/mol. The summed E-state index contributed by atoms with van der Waals surface area (Å²) in [6, 6.07) is 15.3. The van der Waals surface area contributed by atoms with Gasteiger partial charge in [-0.1, -0.05) is 30.3 Å². The van der Waals surface area contributed by atoms with Crippen LogP contribution in [0, 0.1) is 42.9 Å². The van der Waals surface area contributed by atoms with Crippen molar-refractivity contribution >= 4 is 40.2 Å². The number of allylic oxidation sites excluding steroid dienone is 1. The molecule has 4 rings (SSSR count). The monoisotopic (exact) mass is 472 g/mol. The zero-order valence-electron chi connectivity index (χ0n) is 17.0. The van der Waals surface area contributed by atoms with Crippen molar-refractivity contribution in [3.05, 3.63) is 105 Å². The van der Waals surface area contributed by atoms with Gasteiger partial charge in [0.25, 0.3) is 16.9 Å². The van der Waals surface area contributed by atoms with Crippen LogP contribution in [0.15, 0.2) is 58.9 Å². The molecule has 0 fully saturated rings.